The first-order chi connectivity index (χ1) is 17.9. The Morgan fingerprint density at radius 2 is 1.68 bits per heavy atom. The molecule has 5 rings (SSSR count). The lowest BCUT2D eigenvalue weighted by Crippen LogP contribution is -2.48. The van der Waals surface area contributed by atoms with E-state index in [0.29, 0.717) is 47.2 Å². The van der Waals surface area contributed by atoms with Gasteiger partial charge in [0.05, 0.1) is 11.4 Å². The van der Waals surface area contributed by atoms with Gasteiger partial charge >= 0.3 is 0 Å². The molecule has 3 aromatic carbocycles. The van der Waals surface area contributed by atoms with Gasteiger partial charge in [0, 0.05) is 42.5 Å². The number of carbonyl (C=O) groups excluding carboxylic acids is 3. The smallest absolute Gasteiger partial charge is 0.293 e. The number of nitrogens with zero attached hydrogens (tertiary/aromatic N) is 3. The van der Waals surface area contributed by atoms with Crippen molar-refractivity contribution in [2.45, 2.75) is 6.54 Å². The van der Waals surface area contributed by atoms with Gasteiger partial charge < -0.3 is 9.80 Å². The summed E-state index contributed by atoms with van der Waals surface area (Å²) in [6.07, 6.45) is 1.64. The molecule has 3 aromatic rings. The highest BCUT2D eigenvalue weighted by Gasteiger charge is 2.35. The second-order valence-corrected chi connectivity index (χ2v) is 10.2. The first kappa shape index (κ1) is 25.0. The number of anilines is 1. The van der Waals surface area contributed by atoms with Crippen LogP contribution >= 0.6 is 23.4 Å². The lowest BCUT2D eigenvalue weighted by Gasteiger charge is -2.36. The van der Waals surface area contributed by atoms with Crippen molar-refractivity contribution in [3.8, 4) is 0 Å². The fourth-order valence-corrected chi connectivity index (χ4v) is 5.42. The summed E-state index contributed by atoms with van der Waals surface area (Å²) >= 11 is 6.91. The zero-order valence-corrected chi connectivity index (χ0v) is 21.3. The Kier molecular flexibility index (Phi) is 7.30. The number of thioether (sulfide) groups is 1. The molecule has 0 spiro atoms. The number of imide groups is 1. The van der Waals surface area contributed by atoms with Gasteiger partial charge in [-0.3, -0.25) is 19.3 Å². The highest BCUT2D eigenvalue weighted by atomic mass is 35.5. The molecule has 2 heterocycles. The lowest BCUT2D eigenvalue weighted by atomic mass is 10.1. The topological polar surface area (TPSA) is 60.9 Å². The predicted octanol–water partition coefficient (Wildman–Crippen LogP) is 5.68. The van der Waals surface area contributed by atoms with Crippen LogP contribution < -0.4 is 4.90 Å². The molecule has 0 saturated carbocycles. The zero-order valence-electron chi connectivity index (χ0n) is 19.8. The van der Waals surface area contributed by atoms with Crippen LogP contribution in [0.25, 0.3) is 6.08 Å². The molecule has 9 heteroatoms. The first-order valence-electron chi connectivity index (χ1n) is 11.8. The maximum absolute atomic E-state index is 13.2. The Labute approximate surface area is 223 Å². The summed E-state index contributed by atoms with van der Waals surface area (Å²) in [4.78, 5) is 44.0. The van der Waals surface area contributed by atoms with Crippen LogP contribution in [0.2, 0.25) is 5.02 Å². The molecular weight excluding hydrogens is 513 g/mol. The maximum Gasteiger partial charge on any atom is 0.293 e. The van der Waals surface area contributed by atoms with Gasteiger partial charge in [-0.15, -0.1) is 0 Å². The maximum atomic E-state index is 13.2. The minimum absolute atomic E-state index is 0.0944. The van der Waals surface area contributed by atoms with Gasteiger partial charge in [-0.25, -0.2) is 4.39 Å². The molecule has 3 amide bonds. The molecule has 0 radical (unpaired) electrons. The molecule has 0 aromatic heterocycles. The van der Waals surface area contributed by atoms with E-state index in [0.717, 1.165) is 23.0 Å². The SMILES string of the molecule is O=C(c1cccc(/C=C2\SC(=O)N(Cc3cccc(Cl)c3)C2=O)c1)N1CCN(c2ccc(F)cc2)CC1. The number of halogens is 2. The molecule has 0 aliphatic carbocycles. The number of rotatable bonds is 5. The largest absolute Gasteiger partial charge is 0.368 e. The minimum Gasteiger partial charge on any atom is -0.368 e. The molecular formula is C28H23ClFN3O3S. The molecule has 37 heavy (non-hydrogen) atoms. The summed E-state index contributed by atoms with van der Waals surface area (Å²) < 4.78 is 13.2. The molecule has 0 bridgehead atoms. The second-order valence-electron chi connectivity index (χ2n) is 8.78. The molecule has 2 aliphatic heterocycles. The molecule has 2 aliphatic rings. The highest BCUT2D eigenvalue weighted by molar-refractivity contribution is 8.18. The van der Waals surface area contributed by atoms with Gasteiger partial charge in [-0.2, -0.15) is 0 Å². The summed E-state index contributed by atoms with van der Waals surface area (Å²) in [5.74, 6) is -0.741. The van der Waals surface area contributed by atoms with Crippen molar-refractivity contribution in [3.05, 3.63) is 105 Å². The highest BCUT2D eigenvalue weighted by Crippen LogP contribution is 2.33. The first-order valence-corrected chi connectivity index (χ1v) is 13.0. The van der Waals surface area contributed by atoms with E-state index in [1.165, 1.54) is 17.0 Å². The third-order valence-corrected chi connectivity index (χ3v) is 7.44. The fraction of sp³-hybridized carbons (Fsp3) is 0.179. The molecule has 0 N–H and O–H groups in total. The van der Waals surface area contributed by atoms with Crippen molar-refractivity contribution in [1.29, 1.82) is 0 Å². The van der Waals surface area contributed by atoms with Gasteiger partial charge in [0.2, 0.25) is 0 Å². The van der Waals surface area contributed by atoms with E-state index in [1.54, 1.807) is 65.6 Å². The Bertz CT molecular complexity index is 1390. The second kappa shape index (κ2) is 10.8. The Morgan fingerprint density at radius 1 is 0.946 bits per heavy atom. The van der Waals surface area contributed by atoms with E-state index in [1.807, 2.05) is 6.07 Å². The van der Waals surface area contributed by atoms with Crippen LogP contribution in [0.5, 0.6) is 0 Å². The molecule has 2 saturated heterocycles. The molecule has 2 fully saturated rings. The van der Waals surface area contributed by atoms with Crippen molar-refractivity contribution in [2.75, 3.05) is 31.1 Å². The van der Waals surface area contributed by atoms with Crippen LogP contribution in [-0.4, -0.2) is 53.0 Å². The number of piperazine rings is 1. The average Bonchev–Trinajstić information content (AvgIpc) is 3.16. The van der Waals surface area contributed by atoms with E-state index >= 15 is 0 Å². The van der Waals surface area contributed by atoms with Crippen molar-refractivity contribution >= 4 is 52.2 Å². The van der Waals surface area contributed by atoms with Crippen molar-refractivity contribution < 1.29 is 18.8 Å². The molecule has 188 valence electrons. The number of hydrogen-bond acceptors (Lipinski definition) is 5. The van der Waals surface area contributed by atoms with E-state index in [-0.39, 0.29) is 29.4 Å². The third kappa shape index (κ3) is 5.70. The number of carbonyl (C=O) groups is 3. The van der Waals surface area contributed by atoms with Crippen LogP contribution in [0.4, 0.5) is 14.9 Å². The monoisotopic (exact) mass is 535 g/mol. The standard InChI is InChI=1S/C28H23ClFN3O3S/c29-22-6-2-4-20(16-22)18-33-27(35)25(37-28(33)36)17-19-3-1-5-21(15-19)26(34)32-13-11-31(12-14-32)24-9-7-23(30)8-10-24/h1-10,15-17H,11-14,18H2/b25-17-. The fourth-order valence-electron chi connectivity index (χ4n) is 4.37. The van der Waals surface area contributed by atoms with Crippen molar-refractivity contribution in [3.63, 3.8) is 0 Å². The van der Waals surface area contributed by atoms with E-state index in [4.69, 9.17) is 11.6 Å². The lowest BCUT2D eigenvalue weighted by molar-refractivity contribution is -0.123. The van der Waals surface area contributed by atoms with Gasteiger partial charge in [0.25, 0.3) is 17.1 Å². The minimum atomic E-state index is -0.372. The van der Waals surface area contributed by atoms with Crippen molar-refractivity contribution in [2.24, 2.45) is 0 Å². The Hall–Kier alpha value is -3.62. The predicted molar refractivity (Wildman–Crippen MR) is 144 cm³/mol. The van der Waals surface area contributed by atoms with Crippen molar-refractivity contribution in [1.82, 2.24) is 9.80 Å². The van der Waals surface area contributed by atoms with E-state index < -0.39 is 0 Å². The third-order valence-electron chi connectivity index (χ3n) is 6.29. The van der Waals surface area contributed by atoms with Gasteiger partial charge in [-0.1, -0.05) is 35.9 Å². The van der Waals surface area contributed by atoms with Crippen LogP contribution in [0, 0.1) is 5.82 Å². The number of hydrogen-bond donors (Lipinski definition) is 0. The van der Waals surface area contributed by atoms with Gasteiger partial charge in [-0.05, 0) is 77.5 Å². The van der Waals surface area contributed by atoms with Crippen LogP contribution in [0.3, 0.4) is 0 Å². The number of benzene rings is 3. The normalized spacial score (nSPS) is 17.1. The van der Waals surface area contributed by atoms with Crippen LogP contribution in [0.1, 0.15) is 21.5 Å². The summed E-state index contributed by atoms with van der Waals surface area (Å²) in [6, 6.07) is 20.5. The van der Waals surface area contributed by atoms with Gasteiger partial charge in [0.1, 0.15) is 5.82 Å². The average molecular weight is 536 g/mol. The van der Waals surface area contributed by atoms with Crippen LogP contribution in [0.15, 0.2) is 77.7 Å². The Morgan fingerprint density at radius 3 is 2.41 bits per heavy atom. The van der Waals surface area contributed by atoms with E-state index in [9.17, 15) is 18.8 Å². The summed E-state index contributed by atoms with van der Waals surface area (Å²) in [5, 5.41) is 0.195. The summed E-state index contributed by atoms with van der Waals surface area (Å²) in [6.45, 7) is 2.53. The molecule has 6 nitrogen and oxygen atoms in total. The molecule has 0 atom stereocenters. The zero-order chi connectivity index (χ0) is 25.9. The van der Waals surface area contributed by atoms with Crippen LogP contribution in [-0.2, 0) is 11.3 Å². The van der Waals surface area contributed by atoms with E-state index in [2.05, 4.69) is 4.90 Å². The number of amides is 3. The summed E-state index contributed by atoms with van der Waals surface area (Å²) in [7, 11) is 0. The summed E-state index contributed by atoms with van der Waals surface area (Å²) in [5.41, 5.74) is 2.88. The quantitative estimate of drug-likeness (QED) is 0.393. The molecule has 0 unspecified atom stereocenters. The Balaban J connectivity index is 1.25. The van der Waals surface area contributed by atoms with Gasteiger partial charge in [0.15, 0.2) is 0 Å².